The summed E-state index contributed by atoms with van der Waals surface area (Å²) in [6.45, 7) is 0.658. The van der Waals surface area contributed by atoms with Gasteiger partial charge in [-0.1, -0.05) is 35.3 Å². The molecule has 2 fully saturated rings. The van der Waals surface area contributed by atoms with Crippen LogP contribution in [0.4, 0.5) is 0 Å². The zero-order chi connectivity index (χ0) is 16.8. The van der Waals surface area contributed by atoms with Crippen molar-refractivity contribution in [3.63, 3.8) is 0 Å². The summed E-state index contributed by atoms with van der Waals surface area (Å²) in [5, 5.41) is 0.841. The predicted octanol–water partition coefficient (Wildman–Crippen LogP) is 6.94. The van der Waals surface area contributed by atoms with Gasteiger partial charge >= 0.3 is 0 Å². The second-order valence-electron chi connectivity index (χ2n) is 7.40. The van der Waals surface area contributed by atoms with Gasteiger partial charge in [0, 0.05) is 10.6 Å². The summed E-state index contributed by atoms with van der Waals surface area (Å²) in [6, 6.07) is 8.49. The molecule has 2 aliphatic rings. The van der Waals surface area contributed by atoms with Gasteiger partial charge in [-0.2, -0.15) is 0 Å². The summed E-state index contributed by atoms with van der Waals surface area (Å²) >= 11 is 11.5. The minimum Gasteiger partial charge on any atom is -0.374 e. The van der Waals surface area contributed by atoms with Gasteiger partial charge in [0.05, 0.1) is 12.7 Å². The van der Waals surface area contributed by atoms with Crippen molar-refractivity contribution in [1.29, 1.82) is 0 Å². The van der Waals surface area contributed by atoms with Crippen molar-refractivity contribution in [2.75, 3.05) is 6.61 Å². The molecule has 3 rings (SSSR count). The van der Waals surface area contributed by atoms with Gasteiger partial charge in [-0.15, -0.1) is 0 Å². The Bertz CT molecular complexity index is 509. The van der Waals surface area contributed by atoms with E-state index in [2.05, 4.69) is 12.1 Å². The van der Waals surface area contributed by atoms with E-state index in [1.807, 2.05) is 18.2 Å². The van der Waals surface area contributed by atoms with Crippen molar-refractivity contribution in [3.05, 3.63) is 46.5 Å². The van der Waals surface area contributed by atoms with Gasteiger partial charge in [0.25, 0.3) is 0 Å². The van der Waals surface area contributed by atoms with Crippen LogP contribution in [0.25, 0.3) is 0 Å². The van der Waals surface area contributed by atoms with E-state index in [9.17, 15) is 0 Å². The maximum Gasteiger partial charge on any atom is 0.0662 e. The normalized spacial score (nSPS) is 31.4. The minimum atomic E-state index is 0.444. The molecule has 1 aromatic rings. The summed E-state index contributed by atoms with van der Waals surface area (Å²) in [6.07, 6.45) is 12.9. The topological polar surface area (TPSA) is 9.23 Å². The Hall–Kier alpha value is -0.500. The lowest BCUT2D eigenvalue weighted by Crippen LogP contribution is -2.28. The molecule has 132 valence electrons. The molecule has 0 aliphatic heterocycles. The number of hydrogen-bond acceptors (Lipinski definition) is 1. The van der Waals surface area contributed by atoms with Gasteiger partial charge in [-0.25, -0.2) is 0 Å². The van der Waals surface area contributed by atoms with Crippen molar-refractivity contribution >= 4 is 23.2 Å². The molecule has 0 aromatic heterocycles. The second kappa shape index (κ2) is 9.27. The zero-order valence-corrected chi connectivity index (χ0v) is 15.8. The van der Waals surface area contributed by atoms with E-state index in [1.165, 1.54) is 56.9 Å². The van der Waals surface area contributed by atoms with Crippen LogP contribution >= 0.6 is 23.2 Å². The highest BCUT2D eigenvalue weighted by Crippen LogP contribution is 2.43. The summed E-state index contributed by atoms with van der Waals surface area (Å²) < 4.78 is 5.86. The minimum absolute atomic E-state index is 0.444. The first-order valence-corrected chi connectivity index (χ1v) is 10.2. The van der Waals surface area contributed by atoms with Crippen LogP contribution in [-0.4, -0.2) is 12.7 Å². The molecule has 0 unspecified atom stereocenters. The van der Waals surface area contributed by atoms with Crippen LogP contribution in [0, 0.1) is 11.8 Å². The molecule has 0 atom stereocenters. The standard InChI is InChI=1S/C21H28Cl2O/c22-14-1-15-24-21-12-8-19(9-13-21)17-4-2-16(3-5-17)18-6-10-20(23)11-7-18/h1,6-7,10-11,14,16-17,19,21H,2-5,8-9,12-13,15H2/b14-1+. The fourth-order valence-electron chi connectivity index (χ4n) is 4.61. The van der Waals surface area contributed by atoms with Crippen molar-refractivity contribution in [1.82, 2.24) is 0 Å². The van der Waals surface area contributed by atoms with Gasteiger partial charge in [0.15, 0.2) is 0 Å². The van der Waals surface area contributed by atoms with E-state index in [0.717, 1.165) is 22.8 Å². The van der Waals surface area contributed by atoms with Gasteiger partial charge in [0.1, 0.15) is 0 Å². The zero-order valence-electron chi connectivity index (χ0n) is 14.3. The first-order valence-electron chi connectivity index (χ1n) is 9.38. The molecule has 0 amide bonds. The Kier molecular flexibility index (Phi) is 7.06. The van der Waals surface area contributed by atoms with E-state index < -0.39 is 0 Å². The molecular weight excluding hydrogens is 339 g/mol. The lowest BCUT2D eigenvalue weighted by atomic mass is 9.69. The number of halogens is 2. The lowest BCUT2D eigenvalue weighted by Gasteiger charge is -2.37. The number of benzene rings is 1. The van der Waals surface area contributed by atoms with Crippen molar-refractivity contribution < 1.29 is 4.74 Å². The maximum absolute atomic E-state index is 6.01. The molecule has 3 heteroatoms. The van der Waals surface area contributed by atoms with Crippen LogP contribution < -0.4 is 0 Å². The van der Waals surface area contributed by atoms with Crippen LogP contribution in [0.1, 0.15) is 62.8 Å². The highest BCUT2D eigenvalue weighted by Gasteiger charge is 2.31. The van der Waals surface area contributed by atoms with Crippen molar-refractivity contribution in [2.45, 2.75) is 63.4 Å². The molecule has 1 nitrogen and oxygen atoms in total. The third-order valence-corrected chi connectivity index (χ3v) is 6.45. The van der Waals surface area contributed by atoms with Crippen molar-refractivity contribution in [2.24, 2.45) is 11.8 Å². The van der Waals surface area contributed by atoms with Crippen LogP contribution in [0.5, 0.6) is 0 Å². The molecule has 2 aliphatic carbocycles. The third kappa shape index (κ3) is 5.00. The lowest BCUT2D eigenvalue weighted by molar-refractivity contribution is 0.0223. The predicted molar refractivity (Wildman–Crippen MR) is 103 cm³/mol. The average Bonchev–Trinajstić information content (AvgIpc) is 2.63. The first-order chi connectivity index (χ1) is 11.8. The van der Waals surface area contributed by atoms with E-state index in [-0.39, 0.29) is 0 Å². The van der Waals surface area contributed by atoms with Crippen LogP contribution in [0.15, 0.2) is 35.9 Å². The largest absolute Gasteiger partial charge is 0.374 e. The first kappa shape index (κ1) is 18.3. The van der Waals surface area contributed by atoms with Gasteiger partial charge in [-0.05, 0) is 92.9 Å². The van der Waals surface area contributed by atoms with Gasteiger partial charge in [0.2, 0.25) is 0 Å². The number of hydrogen-bond donors (Lipinski definition) is 0. The fourth-order valence-corrected chi connectivity index (χ4v) is 4.81. The van der Waals surface area contributed by atoms with Gasteiger partial charge in [-0.3, -0.25) is 0 Å². The molecule has 2 saturated carbocycles. The Morgan fingerprint density at radius 3 is 2.04 bits per heavy atom. The van der Waals surface area contributed by atoms with Crippen LogP contribution in [-0.2, 0) is 4.74 Å². The molecule has 0 saturated heterocycles. The Morgan fingerprint density at radius 1 is 0.875 bits per heavy atom. The fraction of sp³-hybridized carbons (Fsp3) is 0.619. The van der Waals surface area contributed by atoms with Crippen molar-refractivity contribution in [3.8, 4) is 0 Å². The molecule has 0 bridgehead atoms. The smallest absolute Gasteiger partial charge is 0.0662 e. The van der Waals surface area contributed by atoms with E-state index in [4.69, 9.17) is 27.9 Å². The highest BCUT2D eigenvalue weighted by molar-refractivity contribution is 6.30. The SMILES string of the molecule is Cl/C=C/COC1CCC(C2CCC(c3ccc(Cl)cc3)CC2)CC1. The van der Waals surface area contributed by atoms with E-state index in [1.54, 1.807) is 5.54 Å². The molecule has 0 heterocycles. The highest BCUT2D eigenvalue weighted by atomic mass is 35.5. The summed E-state index contributed by atoms with van der Waals surface area (Å²) in [5.74, 6) is 2.58. The Labute approximate surface area is 156 Å². The Morgan fingerprint density at radius 2 is 1.46 bits per heavy atom. The van der Waals surface area contributed by atoms with Crippen LogP contribution in [0.3, 0.4) is 0 Å². The summed E-state index contributed by atoms with van der Waals surface area (Å²) in [4.78, 5) is 0. The molecule has 0 radical (unpaired) electrons. The summed E-state index contributed by atoms with van der Waals surface area (Å²) in [7, 11) is 0. The maximum atomic E-state index is 6.01. The average molecular weight is 367 g/mol. The summed E-state index contributed by atoms with van der Waals surface area (Å²) in [5.41, 5.74) is 3.02. The molecular formula is C21H28Cl2O. The molecule has 0 N–H and O–H groups in total. The number of rotatable bonds is 5. The monoisotopic (exact) mass is 366 g/mol. The number of ether oxygens (including phenoxy) is 1. The molecule has 0 spiro atoms. The van der Waals surface area contributed by atoms with E-state index >= 15 is 0 Å². The van der Waals surface area contributed by atoms with Gasteiger partial charge < -0.3 is 4.74 Å². The Balaban J connectivity index is 1.42. The second-order valence-corrected chi connectivity index (χ2v) is 8.08. The molecule has 1 aromatic carbocycles. The van der Waals surface area contributed by atoms with Crippen LogP contribution in [0.2, 0.25) is 5.02 Å². The quantitative estimate of drug-likeness (QED) is 0.548. The van der Waals surface area contributed by atoms with E-state index in [0.29, 0.717) is 12.7 Å². The third-order valence-electron chi connectivity index (χ3n) is 6.02. The molecule has 24 heavy (non-hydrogen) atoms.